The van der Waals surface area contributed by atoms with Crippen LogP contribution >= 0.6 is 23.4 Å². The van der Waals surface area contributed by atoms with Crippen molar-refractivity contribution >= 4 is 40.7 Å². The molecular formula is C20H18ClN3O2S. The molecule has 1 amide bonds. The number of nitrogens with one attached hydrogen (secondary N) is 1. The van der Waals surface area contributed by atoms with Crippen LogP contribution in [0.4, 0.5) is 5.69 Å². The summed E-state index contributed by atoms with van der Waals surface area (Å²) in [5, 5.41) is 3.78. The van der Waals surface area contributed by atoms with E-state index >= 15 is 0 Å². The molecule has 2 aromatic carbocycles. The number of ketones is 1. The van der Waals surface area contributed by atoms with E-state index < -0.39 is 5.25 Å². The number of rotatable bonds is 6. The first-order valence-corrected chi connectivity index (χ1v) is 9.58. The average Bonchev–Trinajstić information content (AvgIpc) is 3.10. The molecule has 7 heteroatoms. The molecule has 0 radical (unpaired) electrons. The molecule has 3 aromatic rings. The molecule has 3 rings (SSSR count). The summed E-state index contributed by atoms with van der Waals surface area (Å²) in [5.41, 5.74) is 1.92. The lowest BCUT2D eigenvalue weighted by Gasteiger charge is -2.14. The number of para-hydroxylation sites is 1. The Bertz CT molecular complexity index is 969. The Balaban J connectivity index is 1.74. The standard InChI is InChI=1S/C20H18ClN3O2S/c1-13(25)17-5-3-4-6-18(17)23-19(26)14(2)27-20-22-11-12-24(20)16-9-7-15(21)8-10-16/h3-12,14H,1-2H3,(H,23,26)/t14-/m0/s1. The summed E-state index contributed by atoms with van der Waals surface area (Å²) in [4.78, 5) is 28.7. The number of imidazole rings is 1. The van der Waals surface area contributed by atoms with Crippen LogP contribution in [0.2, 0.25) is 5.02 Å². The number of anilines is 1. The molecule has 0 aliphatic carbocycles. The van der Waals surface area contributed by atoms with Gasteiger partial charge in [0.2, 0.25) is 5.91 Å². The zero-order valence-corrected chi connectivity index (χ0v) is 16.4. The minimum atomic E-state index is -0.404. The molecule has 1 atom stereocenters. The van der Waals surface area contributed by atoms with Crippen molar-refractivity contribution in [3.8, 4) is 5.69 Å². The summed E-state index contributed by atoms with van der Waals surface area (Å²) >= 11 is 7.28. The second-order valence-electron chi connectivity index (χ2n) is 5.91. The fraction of sp³-hybridized carbons (Fsp3) is 0.150. The van der Waals surface area contributed by atoms with Crippen molar-refractivity contribution in [2.24, 2.45) is 0 Å². The number of hydrogen-bond acceptors (Lipinski definition) is 4. The summed E-state index contributed by atoms with van der Waals surface area (Å²) in [6.07, 6.45) is 3.52. The van der Waals surface area contributed by atoms with E-state index in [0.29, 0.717) is 21.4 Å². The molecule has 0 saturated heterocycles. The molecule has 0 saturated carbocycles. The van der Waals surface area contributed by atoms with E-state index in [0.717, 1.165) is 5.69 Å². The first kappa shape index (κ1) is 19.2. The lowest BCUT2D eigenvalue weighted by molar-refractivity contribution is -0.115. The second kappa shape index (κ2) is 8.41. The van der Waals surface area contributed by atoms with E-state index in [1.807, 2.05) is 22.9 Å². The Kier molecular flexibility index (Phi) is 5.98. The molecule has 0 aliphatic rings. The number of thioether (sulfide) groups is 1. The zero-order chi connectivity index (χ0) is 19.4. The Hall–Kier alpha value is -2.57. The van der Waals surface area contributed by atoms with Crippen LogP contribution in [0.1, 0.15) is 24.2 Å². The van der Waals surface area contributed by atoms with Gasteiger partial charge in [-0.2, -0.15) is 0 Å². The van der Waals surface area contributed by atoms with E-state index in [9.17, 15) is 9.59 Å². The van der Waals surface area contributed by atoms with Gasteiger partial charge in [-0.15, -0.1) is 0 Å². The number of carbonyl (C=O) groups excluding carboxylic acids is 2. The first-order valence-electron chi connectivity index (χ1n) is 8.32. The molecule has 27 heavy (non-hydrogen) atoms. The van der Waals surface area contributed by atoms with Gasteiger partial charge in [0.1, 0.15) is 0 Å². The Morgan fingerprint density at radius 1 is 1.15 bits per heavy atom. The maximum absolute atomic E-state index is 12.6. The highest BCUT2D eigenvalue weighted by Gasteiger charge is 2.19. The van der Waals surface area contributed by atoms with E-state index in [4.69, 9.17) is 11.6 Å². The molecule has 1 N–H and O–H groups in total. The lowest BCUT2D eigenvalue weighted by atomic mass is 10.1. The highest BCUT2D eigenvalue weighted by atomic mass is 35.5. The van der Waals surface area contributed by atoms with Crippen molar-refractivity contribution < 1.29 is 9.59 Å². The zero-order valence-electron chi connectivity index (χ0n) is 14.8. The minimum absolute atomic E-state index is 0.0931. The number of amides is 1. The van der Waals surface area contributed by atoms with Gasteiger partial charge in [0.15, 0.2) is 10.9 Å². The molecule has 0 spiro atoms. The third kappa shape index (κ3) is 4.59. The van der Waals surface area contributed by atoms with Gasteiger partial charge >= 0.3 is 0 Å². The quantitative estimate of drug-likeness (QED) is 0.475. The van der Waals surface area contributed by atoms with Crippen molar-refractivity contribution in [3.05, 3.63) is 71.5 Å². The Morgan fingerprint density at radius 3 is 2.56 bits per heavy atom. The highest BCUT2D eigenvalue weighted by Crippen LogP contribution is 2.26. The van der Waals surface area contributed by atoms with Crippen LogP contribution in [0.3, 0.4) is 0 Å². The smallest absolute Gasteiger partial charge is 0.237 e. The Labute approximate surface area is 166 Å². The maximum Gasteiger partial charge on any atom is 0.237 e. The molecule has 1 aromatic heterocycles. The van der Waals surface area contributed by atoms with Gasteiger partial charge in [-0.25, -0.2) is 4.98 Å². The molecular weight excluding hydrogens is 382 g/mol. The average molecular weight is 400 g/mol. The third-order valence-electron chi connectivity index (χ3n) is 3.93. The fourth-order valence-corrected chi connectivity index (χ4v) is 3.53. The second-order valence-corrected chi connectivity index (χ2v) is 7.65. The molecule has 1 heterocycles. The van der Waals surface area contributed by atoms with Gasteiger partial charge in [-0.1, -0.05) is 35.5 Å². The van der Waals surface area contributed by atoms with Crippen LogP contribution in [0.15, 0.2) is 66.1 Å². The lowest BCUT2D eigenvalue weighted by Crippen LogP contribution is -2.23. The number of Topliss-reactive ketones (excluding diaryl/α,β-unsaturated/α-hetero) is 1. The van der Waals surface area contributed by atoms with Crippen LogP contribution in [0.25, 0.3) is 5.69 Å². The van der Waals surface area contributed by atoms with Crippen molar-refractivity contribution in [2.45, 2.75) is 24.3 Å². The number of halogens is 1. The van der Waals surface area contributed by atoms with E-state index in [-0.39, 0.29) is 11.7 Å². The van der Waals surface area contributed by atoms with Crippen LogP contribution in [0, 0.1) is 0 Å². The molecule has 0 aliphatic heterocycles. The van der Waals surface area contributed by atoms with Gasteiger partial charge in [-0.05, 0) is 50.2 Å². The summed E-state index contributed by atoms with van der Waals surface area (Å²) < 4.78 is 1.90. The number of carbonyl (C=O) groups is 2. The van der Waals surface area contributed by atoms with Crippen LogP contribution < -0.4 is 5.32 Å². The summed E-state index contributed by atoms with van der Waals surface area (Å²) in [5.74, 6) is -0.288. The van der Waals surface area contributed by atoms with E-state index in [1.165, 1.54) is 18.7 Å². The van der Waals surface area contributed by atoms with Crippen molar-refractivity contribution in [1.29, 1.82) is 0 Å². The van der Waals surface area contributed by atoms with Crippen LogP contribution in [0.5, 0.6) is 0 Å². The minimum Gasteiger partial charge on any atom is -0.324 e. The predicted octanol–water partition coefficient (Wildman–Crippen LogP) is 4.85. The van der Waals surface area contributed by atoms with Gasteiger partial charge < -0.3 is 5.32 Å². The third-order valence-corrected chi connectivity index (χ3v) is 5.26. The van der Waals surface area contributed by atoms with Crippen molar-refractivity contribution in [3.63, 3.8) is 0 Å². The topological polar surface area (TPSA) is 64.0 Å². The molecule has 138 valence electrons. The van der Waals surface area contributed by atoms with Gasteiger partial charge in [-0.3, -0.25) is 14.2 Å². The molecule has 5 nitrogen and oxygen atoms in total. The number of aromatic nitrogens is 2. The molecule has 0 unspecified atom stereocenters. The van der Waals surface area contributed by atoms with E-state index in [2.05, 4.69) is 10.3 Å². The first-order chi connectivity index (χ1) is 13.0. The number of hydrogen-bond donors (Lipinski definition) is 1. The van der Waals surface area contributed by atoms with Gasteiger partial charge in [0, 0.05) is 28.7 Å². The highest BCUT2D eigenvalue weighted by molar-refractivity contribution is 8.00. The SMILES string of the molecule is CC(=O)c1ccccc1NC(=O)[C@H](C)Sc1nccn1-c1ccc(Cl)cc1. The molecule has 0 bridgehead atoms. The Morgan fingerprint density at radius 2 is 1.85 bits per heavy atom. The number of benzene rings is 2. The maximum atomic E-state index is 12.6. The summed E-state index contributed by atoms with van der Waals surface area (Å²) in [6, 6.07) is 14.4. The fourth-order valence-electron chi connectivity index (χ4n) is 2.52. The van der Waals surface area contributed by atoms with Crippen molar-refractivity contribution in [2.75, 3.05) is 5.32 Å². The number of nitrogens with zero attached hydrogens (tertiary/aromatic N) is 2. The van der Waals surface area contributed by atoms with Crippen molar-refractivity contribution in [1.82, 2.24) is 9.55 Å². The largest absolute Gasteiger partial charge is 0.324 e. The molecule has 0 fully saturated rings. The van der Waals surface area contributed by atoms with Gasteiger partial charge in [0.05, 0.1) is 10.9 Å². The van der Waals surface area contributed by atoms with E-state index in [1.54, 1.807) is 49.5 Å². The monoisotopic (exact) mass is 399 g/mol. The predicted molar refractivity (Wildman–Crippen MR) is 109 cm³/mol. The van der Waals surface area contributed by atoms with Gasteiger partial charge in [0.25, 0.3) is 0 Å². The normalized spacial score (nSPS) is 11.8. The summed E-state index contributed by atoms with van der Waals surface area (Å²) in [6.45, 7) is 3.28. The summed E-state index contributed by atoms with van der Waals surface area (Å²) in [7, 11) is 0. The van der Waals surface area contributed by atoms with Crippen LogP contribution in [-0.2, 0) is 4.79 Å². The van der Waals surface area contributed by atoms with Crippen LogP contribution in [-0.4, -0.2) is 26.5 Å².